The fraction of sp³-hybridized carbons (Fsp3) is 0.706. The molecule has 0 radical (unpaired) electrons. The van der Waals surface area contributed by atoms with Crippen molar-refractivity contribution in [2.24, 2.45) is 5.92 Å². The van der Waals surface area contributed by atoms with E-state index in [9.17, 15) is 4.79 Å². The average Bonchev–Trinajstić information content (AvgIpc) is 2.84. The highest BCUT2D eigenvalue weighted by atomic mass is 16.3. The molecule has 1 aliphatic rings. The molecule has 0 aliphatic heterocycles. The minimum Gasteiger partial charge on any atom is -0.464 e. The van der Waals surface area contributed by atoms with Crippen LogP contribution in [-0.2, 0) is 11.3 Å². The summed E-state index contributed by atoms with van der Waals surface area (Å²) in [5.41, 5.74) is 0. The molecule has 0 bridgehead atoms. The maximum Gasteiger partial charge on any atom is 0.236 e. The first-order chi connectivity index (χ1) is 9.95. The zero-order chi connectivity index (χ0) is 15.4. The normalized spacial score (nSPS) is 22.5. The van der Waals surface area contributed by atoms with Crippen molar-refractivity contribution in [2.75, 3.05) is 20.6 Å². The minimum absolute atomic E-state index is 0.158. The van der Waals surface area contributed by atoms with E-state index < -0.39 is 0 Å². The topological polar surface area (TPSA) is 36.7 Å². The maximum absolute atomic E-state index is 12.3. The van der Waals surface area contributed by atoms with Crippen molar-refractivity contribution in [3.8, 4) is 0 Å². The number of carbonyl (C=O) groups is 1. The summed E-state index contributed by atoms with van der Waals surface area (Å²) in [6.07, 6.45) is 4.99. The summed E-state index contributed by atoms with van der Waals surface area (Å²) >= 11 is 0. The average molecular weight is 292 g/mol. The molecule has 2 rings (SSSR count). The van der Waals surface area contributed by atoms with Gasteiger partial charge in [0.15, 0.2) is 0 Å². The standard InChI is InChI=1S/C17H28N2O2/c1-13-5-8-15(9-6-13)18(3)12-17(20)19(4)11-16-10-7-14(2)21-16/h7,10,13,15H,5-6,8-9,11-12H2,1-4H3. The Labute approximate surface area is 128 Å². The zero-order valence-electron chi connectivity index (χ0n) is 13.8. The van der Waals surface area contributed by atoms with Gasteiger partial charge in [0.25, 0.3) is 0 Å². The number of carbonyl (C=O) groups excluding carboxylic acids is 1. The first-order valence-electron chi connectivity index (χ1n) is 7.95. The Kier molecular flexibility index (Phi) is 5.45. The van der Waals surface area contributed by atoms with Gasteiger partial charge >= 0.3 is 0 Å². The molecule has 0 unspecified atom stereocenters. The van der Waals surface area contributed by atoms with Gasteiger partial charge in [-0.05, 0) is 57.7 Å². The highest BCUT2D eigenvalue weighted by molar-refractivity contribution is 5.77. The lowest BCUT2D eigenvalue weighted by atomic mass is 9.87. The summed E-state index contributed by atoms with van der Waals surface area (Å²) in [6.45, 7) is 5.28. The molecular weight excluding hydrogens is 264 g/mol. The molecule has 1 saturated carbocycles. The van der Waals surface area contributed by atoms with Crippen LogP contribution in [-0.4, -0.2) is 42.4 Å². The molecule has 1 amide bonds. The monoisotopic (exact) mass is 292 g/mol. The lowest BCUT2D eigenvalue weighted by Crippen LogP contribution is -2.42. The Bertz CT molecular complexity index is 461. The molecule has 0 atom stereocenters. The third kappa shape index (κ3) is 4.60. The summed E-state index contributed by atoms with van der Waals surface area (Å²) in [7, 11) is 3.92. The molecule has 0 saturated heterocycles. The fourth-order valence-corrected chi connectivity index (χ4v) is 3.04. The number of hydrogen-bond acceptors (Lipinski definition) is 3. The second-order valence-electron chi connectivity index (χ2n) is 6.59. The second kappa shape index (κ2) is 7.12. The van der Waals surface area contributed by atoms with Crippen LogP contribution in [0, 0.1) is 12.8 Å². The molecule has 118 valence electrons. The predicted molar refractivity (Wildman–Crippen MR) is 84.0 cm³/mol. The molecule has 1 aliphatic carbocycles. The van der Waals surface area contributed by atoms with Gasteiger partial charge in [0, 0.05) is 13.1 Å². The number of furan rings is 1. The quantitative estimate of drug-likeness (QED) is 0.837. The summed E-state index contributed by atoms with van der Waals surface area (Å²) in [5.74, 6) is 2.73. The lowest BCUT2D eigenvalue weighted by Gasteiger charge is -2.33. The highest BCUT2D eigenvalue weighted by Gasteiger charge is 2.24. The van der Waals surface area contributed by atoms with Crippen molar-refractivity contribution >= 4 is 5.91 Å². The van der Waals surface area contributed by atoms with Gasteiger partial charge in [-0.15, -0.1) is 0 Å². The van der Waals surface area contributed by atoms with Gasteiger partial charge in [-0.2, -0.15) is 0 Å². The van der Waals surface area contributed by atoms with Gasteiger partial charge in [-0.25, -0.2) is 0 Å². The summed E-state index contributed by atoms with van der Waals surface area (Å²) < 4.78 is 5.53. The summed E-state index contributed by atoms with van der Waals surface area (Å²) in [6, 6.07) is 4.43. The van der Waals surface area contributed by atoms with Crippen molar-refractivity contribution in [1.29, 1.82) is 0 Å². The van der Waals surface area contributed by atoms with Gasteiger partial charge in [0.2, 0.25) is 5.91 Å². The largest absolute Gasteiger partial charge is 0.464 e. The first kappa shape index (κ1) is 16.1. The number of rotatable bonds is 5. The molecule has 0 spiro atoms. The van der Waals surface area contributed by atoms with Crippen LogP contribution >= 0.6 is 0 Å². The number of likely N-dealkylation sites (N-methyl/N-ethyl adjacent to an activating group) is 2. The van der Waals surface area contributed by atoms with Crippen LogP contribution in [0.1, 0.15) is 44.1 Å². The molecule has 4 heteroatoms. The molecular formula is C17H28N2O2. The Balaban J connectivity index is 1.79. The van der Waals surface area contributed by atoms with Gasteiger partial charge in [-0.3, -0.25) is 9.69 Å². The second-order valence-corrected chi connectivity index (χ2v) is 6.59. The predicted octanol–water partition coefficient (Wildman–Crippen LogP) is 3.06. The van der Waals surface area contributed by atoms with Crippen LogP contribution in [0.2, 0.25) is 0 Å². The Morgan fingerprint density at radius 1 is 1.24 bits per heavy atom. The SMILES string of the molecule is Cc1ccc(CN(C)C(=O)CN(C)C2CCC(C)CC2)o1. The van der Waals surface area contributed by atoms with E-state index in [1.165, 1.54) is 25.7 Å². The Morgan fingerprint density at radius 3 is 2.48 bits per heavy atom. The Hall–Kier alpha value is -1.29. The smallest absolute Gasteiger partial charge is 0.236 e. The van der Waals surface area contributed by atoms with Crippen molar-refractivity contribution < 1.29 is 9.21 Å². The van der Waals surface area contributed by atoms with E-state index in [1.807, 2.05) is 26.1 Å². The summed E-state index contributed by atoms with van der Waals surface area (Å²) in [4.78, 5) is 16.3. The molecule has 4 nitrogen and oxygen atoms in total. The fourth-order valence-electron chi connectivity index (χ4n) is 3.04. The van der Waals surface area contributed by atoms with Crippen molar-refractivity contribution in [2.45, 2.75) is 52.1 Å². The van der Waals surface area contributed by atoms with E-state index >= 15 is 0 Å². The van der Waals surface area contributed by atoms with E-state index in [1.54, 1.807) is 4.90 Å². The summed E-state index contributed by atoms with van der Waals surface area (Å²) in [5, 5.41) is 0. The zero-order valence-corrected chi connectivity index (χ0v) is 13.8. The van der Waals surface area contributed by atoms with Crippen LogP contribution < -0.4 is 0 Å². The minimum atomic E-state index is 0.158. The number of hydrogen-bond donors (Lipinski definition) is 0. The molecule has 1 aromatic rings. The van der Waals surface area contributed by atoms with Crippen molar-refractivity contribution in [1.82, 2.24) is 9.80 Å². The van der Waals surface area contributed by atoms with Crippen molar-refractivity contribution in [3.63, 3.8) is 0 Å². The van der Waals surface area contributed by atoms with Crippen LogP contribution in [0.15, 0.2) is 16.5 Å². The molecule has 1 aromatic heterocycles. The van der Waals surface area contributed by atoms with E-state index in [4.69, 9.17) is 4.42 Å². The number of amides is 1. The van der Waals surface area contributed by atoms with Gasteiger partial charge in [0.05, 0.1) is 13.1 Å². The van der Waals surface area contributed by atoms with Crippen LogP contribution in [0.5, 0.6) is 0 Å². The van der Waals surface area contributed by atoms with E-state index in [0.29, 0.717) is 19.1 Å². The van der Waals surface area contributed by atoms with E-state index in [-0.39, 0.29) is 5.91 Å². The third-order valence-electron chi connectivity index (χ3n) is 4.61. The number of aryl methyl sites for hydroxylation is 1. The van der Waals surface area contributed by atoms with E-state index in [0.717, 1.165) is 17.4 Å². The van der Waals surface area contributed by atoms with Gasteiger partial charge in [0.1, 0.15) is 11.5 Å². The molecule has 21 heavy (non-hydrogen) atoms. The molecule has 1 heterocycles. The number of nitrogens with zero attached hydrogens (tertiary/aromatic N) is 2. The third-order valence-corrected chi connectivity index (χ3v) is 4.61. The molecule has 1 fully saturated rings. The van der Waals surface area contributed by atoms with Gasteiger partial charge < -0.3 is 9.32 Å². The lowest BCUT2D eigenvalue weighted by molar-refractivity contribution is -0.132. The van der Waals surface area contributed by atoms with E-state index in [2.05, 4.69) is 18.9 Å². The van der Waals surface area contributed by atoms with Crippen LogP contribution in [0.4, 0.5) is 0 Å². The first-order valence-corrected chi connectivity index (χ1v) is 7.95. The Morgan fingerprint density at radius 2 is 1.90 bits per heavy atom. The molecule has 0 aromatic carbocycles. The van der Waals surface area contributed by atoms with Crippen LogP contribution in [0.3, 0.4) is 0 Å². The van der Waals surface area contributed by atoms with Gasteiger partial charge in [-0.1, -0.05) is 6.92 Å². The van der Waals surface area contributed by atoms with Crippen molar-refractivity contribution in [3.05, 3.63) is 23.7 Å². The highest BCUT2D eigenvalue weighted by Crippen LogP contribution is 2.26. The maximum atomic E-state index is 12.3. The van der Waals surface area contributed by atoms with Crippen LogP contribution in [0.25, 0.3) is 0 Å². The molecule has 0 N–H and O–H groups in total.